The monoisotopic (exact) mass is 227 g/mol. The van der Waals surface area contributed by atoms with Crippen molar-refractivity contribution in [3.63, 3.8) is 0 Å². The molecule has 2 atom stereocenters. The molecule has 1 saturated heterocycles. The van der Waals surface area contributed by atoms with E-state index in [1.807, 2.05) is 25.7 Å². The number of rotatable bonds is 1. The maximum Gasteiger partial charge on any atom is 0.410 e. The Balaban J connectivity index is 2.59. The Kier molecular flexibility index (Phi) is 4.22. The maximum atomic E-state index is 12.0. The van der Waals surface area contributed by atoms with Crippen LogP contribution in [0.3, 0.4) is 0 Å². The van der Waals surface area contributed by atoms with E-state index in [2.05, 4.69) is 13.8 Å². The average Bonchev–Trinajstić information content (AvgIpc) is 2.15. The summed E-state index contributed by atoms with van der Waals surface area (Å²) in [6.45, 7) is 10.9. The predicted molar refractivity (Wildman–Crippen MR) is 65.4 cm³/mol. The summed E-state index contributed by atoms with van der Waals surface area (Å²) in [6.07, 6.45) is 3.32. The third-order valence-corrected chi connectivity index (χ3v) is 3.19. The van der Waals surface area contributed by atoms with Crippen LogP contribution >= 0.6 is 0 Å². The second-order valence-corrected chi connectivity index (χ2v) is 5.83. The second-order valence-electron chi connectivity index (χ2n) is 5.83. The Morgan fingerprint density at radius 2 is 2.00 bits per heavy atom. The van der Waals surface area contributed by atoms with Gasteiger partial charge in [0, 0.05) is 12.6 Å². The highest BCUT2D eigenvalue weighted by molar-refractivity contribution is 5.68. The van der Waals surface area contributed by atoms with Crippen molar-refractivity contribution in [3.05, 3.63) is 0 Å². The Hall–Kier alpha value is -0.730. The Morgan fingerprint density at radius 3 is 2.50 bits per heavy atom. The molecule has 1 heterocycles. The molecule has 1 rings (SSSR count). The summed E-state index contributed by atoms with van der Waals surface area (Å²) >= 11 is 0. The predicted octanol–water partition coefficient (Wildman–Crippen LogP) is 3.43. The van der Waals surface area contributed by atoms with Crippen LogP contribution in [0.1, 0.15) is 53.9 Å². The van der Waals surface area contributed by atoms with Crippen molar-refractivity contribution in [2.24, 2.45) is 5.92 Å². The van der Waals surface area contributed by atoms with Crippen LogP contribution in [0.15, 0.2) is 0 Å². The lowest BCUT2D eigenvalue weighted by Gasteiger charge is -2.38. The normalized spacial score (nSPS) is 26.7. The number of hydrogen-bond acceptors (Lipinski definition) is 2. The van der Waals surface area contributed by atoms with Crippen molar-refractivity contribution >= 4 is 6.09 Å². The van der Waals surface area contributed by atoms with Gasteiger partial charge in [0.15, 0.2) is 0 Å². The summed E-state index contributed by atoms with van der Waals surface area (Å²) in [4.78, 5) is 13.9. The zero-order valence-corrected chi connectivity index (χ0v) is 11.2. The molecule has 0 aliphatic carbocycles. The standard InChI is InChI=1S/C13H25NO2/c1-6-11-8-7-10(2)14(9-11)12(15)16-13(3,4)5/h10-11H,6-9H2,1-5H3. The van der Waals surface area contributed by atoms with Crippen LogP contribution < -0.4 is 0 Å². The number of piperidine rings is 1. The summed E-state index contributed by atoms with van der Waals surface area (Å²) in [6, 6.07) is 0.317. The van der Waals surface area contributed by atoms with E-state index < -0.39 is 5.60 Å². The summed E-state index contributed by atoms with van der Waals surface area (Å²) in [7, 11) is 0. The molecular formula is C13H25NO2. The second kappa shape index (κ2) is 5.07. The zero-order chi connectivity index (χ0) is 12.3. The summed E-state index contributed by atoms with van der Waals surface area (Å²) in [5.74, 6) is 0.642. The van der Waals surface area contributed by atoms with E-state index in [1.54, 1.807) is 0 Å². The molecule has 3 nitrogen and oxygen atoms in total. The molecule has 0 bridgehead atoms. The maximum absolute atomic E-state index is 12.0. The van der Waals surface area contributed by atoms with Gasteiger partial charge < -0.3 is 9.64 Å². The first kappa shape index (κ1) is 13.3. The molecule has 1 aliphatic heterocycles. The first-order valence-electron chi connectivity index (χ1n) is 6.33. The lowest BCUT2D eigenvalue weighted by molar-refractivity contribution is 0.00518. The molecule has 2 unspecified atom stereocenters. The largest absolute Gasteiger partial charge is 0.444 e. The van der Waals surface area contributed by atoms with Crippen molar-refractivity contribution in [1.29, 1.82) is 0 Å². The number of ether oxygens (including phenoxy) is 1. The van der Waals surface area contributed by atoms with Gasteiger partial charge in [-0.2, -0.15) is 0 Å². The molecule has 0 aromatic rings. The van der Waals surface area contributed by atoms with Crippen LogP contribution in [0.5, 0.6) is 0 Å². The van der Waals surface area contributed by atoms with Gasteiger partial charge in [-0.15, -0.1) is 0 Å². The molecule has 3 heteroatoms. The lowest BCUT2D eigenvalue weighted by Crippen LogP contribution is -2.47. The Labute approximate surface area is 99.1 Å². The minimum Gasteiger partial charge on any atom is -0.444 e. The van der Waals surface area contributed by atoms with Gasteiger partial charge in [0.1, 0.15) is 5.60 Å². The third kappa shape index (κ3) is 3.69. The minimum absolute atomic E-state index is 0.154. The SMILES string of the molecule is CCC1CCC(C)N(C(=O)OC(C)(C)C)C1. The van der Waals surface area contributed by atoms with Crippen LogP contribution in [0.25, 0.3) is 0 Å². The van der Waals surface area contributed by atoms with Crippen molar-refractivity contribution < 1.29 is 9.53 Å². The van der Waals surface area contributed by atoms with Crippen LogP contribution in [0.2, 0.25) is 0 Å². The van der Waals surface area contributed by atoms with Crippen LogP contribution in [-0.2, 0) is 4.74 Å². The first-order chi connectivity index (χ1) is 7.33. The van der Waals surface area contributed by atoms with E-state index in [-0.39, 0.29) is 6.09 Å². The van der Waals surface area contributed by atoms with Gasteiger partial charge in [-0.05, 0) is 46.5 Å². The molecule has 0 radical (unpaired) electrons. The summed E-state index contributed by atoms with van der Waals surface area (Å²) in [5, 5.41) is 0. The molecule has 0 saturated carbocycles. The smallest absolute Gasteiger partial charge is 0.410 e. The van der Waals surface area contributed by atoms with Crippen LogP contribution in [0.4, 0.5) is 4.79 Å². The molecule has 1 aliphatic rings. The fourth-order valence-corrected chi connectivity index (χ4v) is 2.09. The molecular weight excluding hydrogens is 202 g/mol. The van der Waals surface area contributed by atoms with E-state index in [0.29, 0.717) is 12.0 Å². The van der Waals surface area contributed by atoms with Gasteiger partial charge >= 0.3 is 6.09 Å². The fraction of sp³-hybridized carbons (Fsp3) is 0.923. The van der Waals surface area contributed by atoms with Gasteiger partial charge in [-0.1, -0.05) is 13.3 Å². The summed E-state index contributed by atoms with van der Waals surface area (Å²) < 4.78 is 5.43. The molecule has 0 spiro atoms. The van der Waals surface area contributed by atoms with Crippen molar-refractivity contribution in [1.82, 2.24) is 4.90 Å². The van der Waals surface area contributed by atoms with Gasteiger partial charge in [-0.25, -0.2) is 4.79 Å². The Morgan fingerprint density at radius 1 is 1.38 bits per heavy atom. The topological polar surface area (TPSA) is 29.5 Å². The van der Waals surface area contributed by atoms with E-state index >= 15 is 0 Å². The van der Waals surface area contributed by atoms with E-state index in [9.17, 15) is 4.79 Å². The quantitative estimate of drug-likeness (QED) is 0.687. The highest BCUT2D eigenvalue weighted by Gasteiger charge is 2.31. The van der Waals surface area contributed by atoms with Gasteiger partial charge in [0.2, 0.25) is 0 Å². The average molecular weight is 227 g/mol. The van der Waals surface area contributed by atoms with Gasteiger partial charge in [0.05, 0.1) is 0 Å². The number of carbonyl (C=O) groups is 1. The lowest BCUT2D eigenvalue weighted by atomic mass is 9.92. The van der Waals surface area contributed by atoms with Gasteiger partial charge in [-0.3, -0.25) is 0 Å². The molecule has 1 amide bonds. The number of likely N-dealkylation sites (tertiary alicyclic amines) is 1. The molecule has 16 heavy (non-hydrogen) atoms. The van der Waals surface area contributed by atoms with E-state index in [4.69, 9.17) is 4.74 Å². The number of carbonyl (C=O) groups excluding carboxylic acids is 1. The third-order valence-electron chi connectivity index (χ3n) is 3.19. The molecule has 0 N–H and O–H groups in total. The molecule has 0 aromatic heterocycles. The fourth-order valence-electron chi connectivity index (χ4n) is 2.09. The van der Waals surface area contributed by atoms with Crippen molar-refractivity contribution in [3.8, 4) is 0 Å². The highest BCUT2D eigenvalue weighted by atomic mass is 16.6. The number of hydrogen-bond donors (Lipinski definition) is 0. The number of nitrogens with zero attached hydrogens (tertiary/aromatic N) is 1. The highest BCUT2D eigenvalue weighted by Crippen LogP contribution is 2.25. The molecule has 1 fully saturated rings. The van der Waals surface area contributed by atoms with Crippen molar-refractivity contribution in [2.75, 3.05) is 6.54 Å². The first-order valence-corrected chi connectivity index (χ1v) is 6.33. The molecule has 0 aromatic carbocycles. The zero-order valence-electron chi connectivity index (χ0n) is 11.2. The molecule has 94 valence electrons. The minimum atomic E-state index is -0.393. The van der Waals surface area contributed by atoms with E-state index in [1.165, 1.54) is 6.42 Å². The summed E-state index contributed by atoms with van der Waals surface area (Å²) in [5.41, 5.74) is -0.393. The van der Waals surface area contributed by atoms with E-state index in [0.717, 1.165) is 19.4 Å². The van der Waals surface area contributed by atoms with Crippen molar-refractivity contribution in [2.45, 2.75) is 65.5 Å². The Bertz CT molecular complexity index is 245. The number of amides is 1. The van der Waals surface area contributed by atoms with Crippen LogP contribution in [-0.4, -0.2) is 29.2 Å². The van der Waals surface area contributed by atoms with Crippen LogP contribution in [0, 0.1) is 5.92 Å². The van der Waals surface area contributed by atoms with Gasteiger partial charge in [0.25, 0.3) is 0 Å².